The summed E-state index contributed by atoms with van der Waals surface area (Å²) >= 11 is 23.5. The fourth-order valence-electron chi connectivity index (χ4n) is 3.13. The minimum absolute atomic E-state index is 0.110. The van der Waals surface area contributed by atoms with E-state index >= 15 is 0 Å². The Balaban J connectivity index is 1.28. The van der Waals surface area contributed by atoms with Gasteiger partial charge >= 0.3 is 0 Å². The standard InChI is InChI=1S/C24H20Cl3N7O2S/c25-15-9-10-21(18(27)13-15)36-20-8-4-1-5-16(20)23-31-33-34(32-23)14-22(35)28-11-12-29-24(37)30-19-7-3-2-6-17(19)26/h1-10,13H,11-12,14H2,(H,28,35)(H2,29,30,37). The lowest BCUT2D eigenvalue weighted by Gasteiger charge is -2.12. The molecule has 0 bridgehead atoms. The molecule has 0 fully saturated rings. The molecule has 0 saturated carbocycles. The van der Waals surface area contributed by atoms with Gasteiger partial charge in [0, 0.05) is 18.1 Å². The summed E-state index contributed by atoms with van der Waals surface area (Å²) < 4.78 is 5.95. The van der Waals surface area contributed by atoms with Crippen LogP contribution in [0, 0.1) is 0 Å². The molecule has 9 nitrogen and oxygen atoms in total. The number of nitrogens with one attached hydrogen (secondary N) is 3. The normalized spacial score (nSPS) is 10.6. The van der Waals surface area contributed by atoms with Gasteiger partial charge in [-0.1, -0.05) is 59.1 Å². The van der Waals surface area contributed by atoms with Crippen molar-refractivity contribution in [2.75, 3.05) is 18.4 Å². The zero-order valence-electron chi connectivity index (χ0n) is 19.1. The van der Waals surface area contributed by atoms with Gasteiger partial charge in [0.15, 0.2) is 5.11 Å². The van der Waals surface area contributed by atoms with Crippen LogP contribution in [0.4, 0.5) is 5.69 Å². The third-order valence-corrected chi connectivity index (χ3v) is 5.94. The Hall–Kier alpha value is -3.44. The molecule has 0 unspecified atom stereocenters. The van der Waals surface area contributed by atoms with Gasteiger partial charge in [0.2, 0.25) is 11.7 Å². The zero-order valence-corrected chi connectivity index (χ0v) is 22.2. The molecule has 0 atom stereocenters. The molecule has 4 rings (SSSR count). The summed E-state index contributed by atoms with van der Waals surface area (Å²) in [5, 5.41) is 22.9. The molecular formula is C24H20Cl3N7O2S. The number of tetrazole rings is 1. The molecule has 190 valence electrons. The third-order valence-electron chi connectivity index (χ3n) is 4.83. The number of amides is 1. The Kier molecular flexibility index (Phi) is 9.13. The van der Waals surface area contributed by atoms with Crippen LogP contribution < -0.4 is 20.7 Å². The predicted molar refractivity (Wildman–Crippen MR) is 148 cm³/mol. The molecule has 0 spiro atoms. The van der Waals surface area contributed by atoms with Crippen LogP contribution >= 0.6 is 47.0 Å². The molecule has 0 aliphatic carbocycles. The highest BCUT2D eigenvalue weighted by molar-refractivity contribution is 7.80. The highest BCUT2D eigenvalue weighted by Crippen LogP contribution is 2.35. The Morgan fingerprint density at radius 3 is 2.49 bits per heavy atom. The average Bonchev–Trinajstić information content (AvgIpc) is 3.33. The van der Waals surface area contributed by atoms with E-state index in [2.05, 4.69) is 31.4 Å². The maximum Gasteiger partial charge on any atom is 0.243 e. The molecule has 0 saturated heterocycles. The van der Waals surface area contributed by atoms with E-state index < -0.39 is 0 Å². The lowest BCUT2D eigenvalue weighted by atomic mass is 10.2. The van der Waals surface area contributed by atoms with Crippen molar-refractivity contribution in [3.63, 3.8) is 0 Å². The van der Waals surface area contributed by atoms with E-state index in [9.17, 15) is 4.79 Å². The first-order chi connectivity index (χ1) is 17.9. The minimum Gasteiger partial charge on any atom is -0.455 e. The highest BCUT2D eigenvalue weighted by Gasteiger charge is 2.15. The summed E-state index contributed by atoms with van der Waals surface area (Å²) in [7, 11) is 0. The predicted octanol–water partition coefficient (Wildman–Crippen LogP) is 5.20. The van der Waals surface area contributed by atoms with Crippen LogP contribution in [-0.2, 0) is 11.3 Å². The van der Waals surface area contributed by atoms with Crippen LogP contribution in [0.15, 0.2) is 66.7 Å². The lowest BCUT2D eigenvalue weighted by molar-refractivity contribution is -0.122. The van der Waals surface area contributed by atoms with Crippen LogP contribution in [0.2, 0.25) is 15.1 Å². The first kappa shape index (κ1) is 26.6. The second-order valence-electron chi connectivity index (χ2n) is 7.53. The summed E-state index contributed by atoms with van der Waals surface area (Å²) in [5.74, 6) is 0.919. The molecule has 0 aliphatic rings. The molecule has 1 heterocycles. The van der Waals surface area contributed by atoms with Gasteiger partial charge in [-0.15, -0.1) is 10.2 Å². The summed E-state index contributed by atoms with van der Waals surface area (Å²) in [4.78, 5) is 13.5. The van der Waals surface area contributed by atoms with E-state index in [4.69, 9.17) is 51.8 Å². The Morgan fingerprint density at radius 1 is 0.919 bits per heavy atom. The first-order valence-electron chi connectivity index (χ1n) is 11.0. The number of aromatic nitrogens is 4. The smallest absolute Gasteiger partial charge is 0.243 e. The molecule has 13 heteroatoms. The maximum atomic E-state index is 12.3. The SMILES string of the molecule is O=C(Cn1nnc(-c2ccccc2Oc2ccc(Cl)cc2Cl)n1)NCCNC(=S)Nc1ccccc1Cl. The quantitative estimate of drug-likeness (QED) is 0.185. The van der Waals surface area contributed by atoms with Gasteiger partial charge in [-0.3, -0.25) is 4.79 Å². The van der Waals surface area contributed by atoms with Crippen LogP contribution in [0.5, 0.6) is 11.5 Å². The highest BCUT2D eigenvalue weighted by atomic mass is 35.5. The second-order valence-corrected chi connectivity index (χ2v) is 9.19. The Labute approximate surface area is 233 Å². The summed E-state index contributed by atoms with van der Waals surface area (Å²) in [6.45, 7) is 0.640. The van der Waals surface area contributed by atoms with Crippen LogP contribution in [0.3, 0.4) is 0 Å². The third kappa shape index (κ3) is 7.53. The van der Waals surface area contributed by atoms with Crippen molar-refractivity contribution in [1.82, 2.24) is 30.8 Å². The molecule has 3 aromatic carbocycles. The van der Waals surface area contributed by atoms with Crippen molar-refractivity contribution in [2.45, 2.75) is 6.54 Å². The van der Waals surface area contributed by atoms with Crippen LogP contribution in [-0.4, -0.2) is 44.3 Å². The van der Waals surface area contributed by atoms with Gasteiger partial charge in [0.1, 0.15) is 18.0 Å². The number of ether oxygens (including phenoxy) is 1. The number of para-hydroxylation sites is 2. The monoisotopic (exact) mass is 575 g/mol. The average molecular weight is 577 g/mol. The topological polar surface area (TPSA) is 106 Å². The van der Waals surface area contributed by atoms with Gasteiger partial charge in [-0.05, 0) is 59.9 Å². The van der Waals surface area contributed by atoms with Crippen LogP contribution in [0.25, 0.3) is 11.4 Å². The molecule has 4 aromatic rings. The Morgan fingerprint density at radius 2 is 1.68 bits per heavy atom. The Bertz CT molecular complexity index is 1420. The van der Waals surface area contributed by atoms with Crippen LogP contribution in [0.1, 0.15) is 0 Å². The molecule has 0 radical (unpaired) electrons. The van der Waals surface area contributed by atoms with Crippen molar-refractivity contribution in [2.24, 2.45) is 0 Å². The number of rotatable bonds is 9. The largest absolute Gasteiger partial charge is 0.455 e. The number of halogens is 3. The summed E-state index contributed by atoms with van der Waals surface area (Å²) in [6, 6.07) is 19.4. The van der Waals surface area contributed by atoms with Gasteiger partial charge in [0.25, 0.3) is 0 Å². The molecule has 0 aliphatic heterocycles. The van der Waals surface area contributed by atoms with E-state index in [0.717, 1.165) is 0 Å². The number of anilines is 1. The number of thiocarbonyl (C=S) groups is 1. The van der Waals surface area contributed by atoms with Crippen molar-refractivity contribution < 1.29 is 9.53 Å². The van der Waals surface area contributed by atoms with Gasteiger partial charge in [-0.25, -0.2) is 0 Å². The molecule has 3 N–H and O–H groups in total. The fourth-order valence-corrected chi connectivity index (χ4v) is 3.97. The van der Waals surface area contributed by atoms with E-state index in [-0.39, 0.29) is 12.5 Å². The van der Waals surface area contributed by atoms with Gasteiger partial charge < -0.3 is 20.7 Å². The number of benzene rings is 3. The van der Waals surface area contributed by atoms with Crippen molar-refractivity contribution in [1.29, 1.82) is 0 Å². The maximum absolute atomic E-state index is 12.3. The van der Waals surface area contributed by atoms with E-state index in [1.165, 1.54) is 4.80 Å². The van der Waals surface area contributed by atoms with E-state index in [1.54, 1.807) is 36.4 Å². The molecule has 1 amide bonds. The lowest BCUT2D eigenvalue weighted by Crippen LogP contribution is -2.38. The first-order valence-corrected chi connectivity index (χ1v) is 12.5. The number of carbonyl (C=O) groups is 1. The van der Waals surface area contributed by atoms with Gasteiger partial charge in [-0.2, -0.15) is 4.80 Å². The number of hydrogen-bond acceptors (Lipinski definition) is 6. The van der Waals surface area contributed by atoms with Crippen molar-refractivity contribution in [3.05, 3.63) is 81.8 Å². The fraction of sp³-hybridized carbons (Fsp3) is 0.125. The van der Waals surface area contributed by atoms with E-state index in [0.29, 0.717) is 61.8 Å². The van der Waals surface area contributed by atoms with E-state index in [1.807, 2.05) is 30.3 Å². The number of nitrogens with zero attached hydrogens (tertiary/aromatic N) is 4. The zero-order chi connectivity index (χ0) is 26.2. The molecular weight excluding hydrogens is 557 g/mol. The number of hydrogen-bond donors (Lipinski definition) is 3. The summed E-state index contributed by atoms with van der Waals surface area (Å²) in [6.07, 6.45) is 0. The summed E-state index contributed by atoms with van der Waals surface area (Å²) in [5.41, 5.74) is 1.28. The number of carbonyl (C=O) groups excluding carboxylic acids is 1. The van der Waals surface area contributed by atoms with Gasteiger partial charge in [0.05, 0.1) is 21.3 Å². The molecule has 37 heavy (non-hydrogen) atoms. The molecule has 1 aromatic heterocycles. The van der Waals surface area contributed by atoms with Crippen molar-refractivity contribution >= 4 is 63.7 Å². The van der Waals surface area contributed by atoms with Crippen molar-refractivity contribution in [3.8, 4) is 22.9 Å². The second kappa shape index (κ2) is 12.7. The minimum atomic E-state index is -0.284.